The van der Waals surface area contributed by atoms with Crippen molar-refractivity contribution in [3.63, 3.8) is 0 Å². The van der Waals surface area contributed by atoms with Gasteiger partial charge in [0.05, 0.1) is 4.87 Å². The van der Waals surface area contributed by atoms with Crippen LogP contribution in [0.15, 0.2) is 0 Å². The lowest BCUT2D eigenvalue weighted by molar-refractivity contribution is 0.273. The molecule has 1 atom stereocenters. The Morgan fingerprint density at radius 2 is 1.85 bits per heavy atom. The summed E-state index contributed by atoms with van der Waals surface area (Å²) in [7, 11) is 0. The average Bonchev–Trinajstić information content (AvgIpc) is 2.11. The van der Waals surface area contributed by atoms with Gasteiger partial charge in [0.1, 0.15) is 0 Å². The van der Waals surface area contributed by atoms with E-state index in [2.05, 4.69) is 30.9 Å². The molecule has 0 aromatic rings. The van der Waals surface area contributed by atoms with Crippen LogP contribution in [0.4, 0.5) is 0 Å². The van der Waals surface area contributed by atoms with E-state index in [9.17, 15) is 0 Å². The van der Waals surface area contributed by atoms with E-state index >= 15 is 0 Å². The molecule has 0 radical (unpaired) electrons. The van der Waals surface area contributed by atoms with Crippen LogP contribution in [0, 0.1) is 5.92 Å². The number of hydrogen-bond donors (Lipinski definition) is 1. The average molecular weight is 199 g/mol. The predicted octanol–water partition coefficient (Wildman–Crippen LogP) is 3.01. The minimum Gasteiger partial charge on any atom is -0.303 e. The maximum absolute atomic E-state index is 3.75. The molecular weight excluding hydrogens is 178 g/mol. The van der Waals surface area contributed by atoms with E-state index in [1.807, 2.05) is 0 Å². The third kappa shape index (κ3) is 2.21. The molecule has 0 amide bonds. The van der Waals surface area contributed by atoms with Crippen molar-refractivity contribution in [3.8, 4) is 0 Å². The van der Waals surface area contributed by atoms with Crippen LogP contribution in [0.25, 0.3) is 0 Å². The minimum absolute atomic E-state index is 0.476. The molecule has 2 aliphatic rings. The molecule has 1 nitrogen and oxygen atoms in total. The summed E-state index contributed by atoms with van der Waals surface area (Å²) < 4.78 is 0. The Kier molecular flexibility index (Phi) is 2.89. The molecule has 0 aromatic carbocycles. The van der Waals surface area contributed by atoms with Crippen molar-refractivity contribution >= 4 is 11.8 Å². The molecule has 0 bridgehead atoms. The number of hydrogen-bond acceptors (Lipinski definition) is 2. The van der Waals surface area contributed by atoms with Crippen molar-refractivity contribution in [3.05, 3.63) is 0 Å². The Morgan fingerprint density at radius 3 is 2.46 bits per heavy atom. The Morgan fingerprint density at radius 1 is 1.15 bits per heavy atom. The second-order valence-corrected chi connectivity index (χ2v) is 6.64. The van der Waals surface area contributed by atoms with E-state index in [-0.39, 0.29) is 0 Å². The van der Waals surface area contributed by atoms with Crippen molar-refractivity contribution in [1.82, 2.24) is 5.32 Å². The van der Waals surface area contributed by atoms with Gasteiger partial charge in [0.25, 0.3) is 0 Å². The molecule has 1 saturated carbocycles. The fourth-order valence-corrected chi connectivity index (χ4v) is 4.17. The van der Waals surface area contributed by atoms with E-state index < -0.39 is 0 Å². The molecule has 1 unspecified atom stereocenters. The van der Waals surface area contributed by atoms with Gasteiger partial charge in [-0.05, 0) is 44.6 Å². The summed E-state index contributed by atoms with van der Waals surface area (Å²) in [4.78, 5) is 0.476. The van der Waals surface area contributed by atoms with Gasteiger partial charge in [0, 0.05) is 5.25 Å². The van der Waals surface area contributed by atoms with Gasteiger partial charge in [-0.15, -0.1) is 11.8 Å². The van der Waals surface area contributed by atoms with Crippen molar-refractivity contribution < 1.29 is 0 Å². The maximum Gasteiger partial charge on any atom is 0.0648 e. The second-order valence-electron chi connectivity index (χ2n) is 4.82. The van der Waals surface area contributed by atoms with Crippen LogP contribution in [0.3, 0.4) is 0 Å². The van der Waals surface area contributed by atoms with E-state index in [4.69, 9.17) is 0 Å². The quantitative estimate of drug-likeness (QED) is 0.643. The predicted molar refractivity (Wildman–Crippen MR) is 60.0 cm³/mol. The van der Waals surface area contributed by atoms with Crippen LogP contribution in [0.5, 0.6) is 0 Å². The first-order valence-electron chi connectivity index (χ1n) is 5.63. The van der Waals surface area contributed by atoms with E-state index in [0.717, 1.165) is 11.2 Å². The lowest BCUT2D eigenvalue weighted by Crippen LogP contribution is -2.49. The maximum atomic E-state index is 3.75. The first kappa shape index (κ1) is 9.85. The monoisotopic (exact) mass is 199 g/mol. The van der Waals surface area contributed by atoms with Crippen LogP contribution < -0.4 is 5.32 Å². The first-order chi connectivity index (χ1) is 6.20. The highest BCUT2D eigenvalue weighted by atomic mass is 32.2. The molecule has 2 fully saturated rings. The van der Waals surface area contributed by atoms with Crippen LogP contribution in [0.2, 0.25) is 0 Å². The van der Waals surface area contributed by atoms with E-state index in [0.29, 0.717) is 4.87 Å². The fraction of sp³-hybridized carbons (Fsp3) is 1.00. The summed E-state index contributed by atoms with van der Waals surface area (Å²) in [5.41, 5.74) is 0. The zero-order valence-corrected chi connectivity index (χ0v) is 9.62. The molecule has 1 saturated heterocycles. The molecule has 13 heavy (non-hydrogen) atoms. The van der Waals surface area contributed by atoms with Crippen LogP contribution in [0.1, 0.15) is 46.0 Å². The second kappa shape index (κ2) is 3.82. The van der Waals surface area contributed by atoms with Crippen LogP contribution >= 0.6 is 11.8 Å². The highest BCUT2D eigenvalue weighted by Crippen LogP contribution is 2.44. The Bertz CT molecular complexity index is 173. The molecule has 1 heterocycles. The molecule has 0 aromatic heterocycles. The standard InChI is InChI=1S/C11H21NS/c1-9-3-6-11(7-4-9)12-8-5-10(2)13-11/h9-10,12H,3-8H2,1-2H3. The summed E-state index contributed by atoms with van der Waals surface area (Å²) in [6.45, 7) is 6.01. The lowest BCUT2D eigenvalue weighted by atomic mass is 9.86. The topological polar surface area (TPSA) is 12.0 Å². The zero-order valence-electron chi connectivity index (χ0n) is 8.81. The van der Waals surface area contributed by atoms with E-state index in [1.54, 1.807) is 0 Å². The van der Waals surface area contributed by atoms with Gasteiger partial charge in [0.15, 0.2) is 0 Å². The largest absolute Gasteiger partial charge is 0.303 e. The van der Waals surface area contributed by atoms with Crippen molar-refractivity contribution in [2.45, 2.75) is 56.1 Å². The first-order valence-corrected chi connectivity index (χ1v) is 6.51. The van der Waals surface area contributed by atoms with E-state index in [1.165, 1.54) is 38.6 Å². The molecule has 1 aliphatic heterocycles. The summed E-state index contributed by atoms with van der Waals surface area (Å²) >= 11 is 2.20. The molecular formula is C11H21NS. The highest BCUT2D eigenvalue weighted by molar-refractivity contribution is 8.01. The number of thioether (sulfide) groups is 1. The zero-order chi connectivity index (χ0) is 9.31. The van der Waals surface area contributed by atoms with Crippen molar-refractivity contribution in [2.24, 2.45) is 5.92 Å². The SMILES string of the molecule is CC1CCC2(CC1)NCCC(C)S2. The van der Waals surface area contributed by atoms with Gasteiger partial charge < -0.3 is 5.32 Å². The van der Waals surface area contributed by atoms with Gasteiger partial charge in [-0.2, -0.15) is 0 Å². The summed E-state index contributed by atoms with van der Waals surface area (Å²) in [6.07, 6.45) is 6.98. The normalized spacial score (nSPS) is 46.6. The molecule has 1 spiro atoms. The Balaban J connectivity index is 1.95. The van der Waals surface area contributed by atoms with Gasteiger partial charge in [-0.1, -0.05) is 13.8 Å². The fourth-order valence-electron chi connectivity index (χ4n) is 2.51. The molecule has 2 rings (SSSR count). The molecule has 76 valence electrons. The van der Waals surface area contributed by atoms with Crippen LogP contribution in [-0.2, 0) is 0 Å². The molecule has 1 aliphatic carbocycles. The van der Waals surface area contributed by atoms with Gasteiger partial charge in [0.2, 0.25) is 0 Å². The summed E-state index contributed by atoms with van der Waals surface area (Å²) in [6, 6.07) is 0. The summed E-state index contributed by atoms with van der Waals surface area (Å²) in [5, 5.41) is 4.62. The summed E-state index contributed by atoms with van der Waals surface area (Å²) in [5.74, 6) is 0.963. The number of rotatable bonds is 0. The van der Waals surface area contributed by atoms with Crippen molar-refractivity contribution in [2.75, 3.05) is 6.54 Å². The van der Waals surface area contributed by atoms with Gasteiger partial charge in [-0.25, -0.2) is 0 Å². The number of nitrogens with one attached hydrogen (secondary N) is 1. The Labute approximate surface area is 86.0 Å². The third-order valence-electron chi connectivity index (χ3n) is 3.51. The lowest BCUT2D eigenvalue weighted by Gasteiger charge is -2.44. The van der Waals surface area contributed by atoms with Gasteiger partial charge in [-0.3, -0.25) is 0 Å². The molecule has 1 N–H and O–H groups in total. The molecule has 2 heteroatoms. The van der Waals surface area contributed by atoms with Crippen LogP contribution in [-0.4, -0.2) is 16.7 Å². The Hall–Kier alpha value is 0.310. The highest BCUT2D eigenvalue weighted by Gasteiger charge is 2.37. The smallest absolute Gasteiger partial charge is 0.0648 e. The third-order valence-corrected chi connectivity index (χ3v) is 5.15. The minimum atomic E-state index is 0.476. The van der Waals surface area contributed by atoms with Gasteiger partial charge >= 0.3 is 0 Å². The van der Waals surface area contributed by atoms with Crippen molar-refractivity contribution in [1.29, 1.82) is 0 Å².